The lowest BCUT2D eigenvalue weighted by Gasteiger charge is -2.42. The Morgan fingerprint density at radius 3 is 2.00 bits per heavy atom. The maximum atomic E-state index is 12.3. The van der Waals surface area contributed by atoms with Crippen molar-refractivity contribution in [3.8, 4) is 0 Å². The minimum atomic E-state index is -1.35. The fraction of sp³-hybridized carbons (Fsp3) is 0.756. The van der Waals surface area contributed by atoms with Crippen molar-refractivity contribution in [2.45, 2.75) is 127 Å². The lowest BCUT2D eigenvalue weighted by molar-refractivity contribution is -0.194. The molecule has 0 bridgehead atoms. The van der Waals surface area contributed by atoms with Gasteiger partial charge in [0, 0.05) is 70.1 Å². The Hall–Kier alpha value is -4.38. The summed E-state index contributed by atoms with van der Waals surface area (Å²) in [4.78, 5) is 72.0. The van der Waals surface area contributed by atoms with E-state index in [1.807, 2.05) is 0 Å². The van der Waals surface area contributed by atoms with Crippen LogP contribution in [0.2, 0.25) is 0 Å². The monoisotopic (exact) mass is 880 g/mol. The zero-order chi connectivity index (χ0) is 45.1. The number of amides is 6. The molecular formula is C41H68N8O13. The summed E-state index contributed by atoms with van der Waals surface area (Å²) in [7, 11) is 0. The molecule has 8 N–H and O–H groups in total. The molecule has 6 amide bonds. The second-order valence-corrected chi connectivity index (χ2v) is 15.5. The molecule has 0 spiro atoms. The van der Waals surface area contributed by atoms with Gasteiger partial charge in [0.25, 0.3) is 11.8 Å². The van der Waals surface area contributed by atoms with Gasteiger partial charge in [-0.2, -0.15) is 0 Å². The number of aliphatic hydroxyl groups excluding tert-OH is 3. The molecule has 1 saturated heterocycles. The highest BCUT2D eigenvalue weighted by Crippen LogP contribution is 2.24. The number of nitrogens with two attached hydrogens (primary N) is 1. The topological polar surface area (TPSA) is 296 Å². The number of carbonyl (C=O) groups is 6. The van der Waals surface area contributed by atoms with E-state index in [9.17, 15) is 44.1 Å². The molecule has 3 heterocycles. The van der Waals surface area contributed by atoms with Crippen LogP contribution in [0.5, 0.6) is 0 Å². The molecule has 0 aromatic carbocycles. The van der Waals surface area contributed by atoms with Crippen molar-refractivity contribution in [1.29, 1.82) is 0 Å². The highest BCUT2D eigenvalue weighted by Gasteiger charge is 2.44. The number of imide groups is 1. The van der Waals surface area contributed by atoms with Crippen molar-refractivity contribution in [3.63, 3.8) is 0 Å². The van der Waals surface area contributed by atoms with Gasteiger partial charge in [0.05, 0.1) is 70.6 Å². The molecular weight excluding hydrogens is 812 g/mol. The SMILES string of the molecule is CC(=O)N[C@@H]1[C@@H](O)[C@@H](O)[C@@H](CO)O[C@@H]1Cc1cn(CCOCCOCCOCCNC(=O)CCCC(CCCCCCCCCC(=O)NCCN2C(=O)C=CC2=O)C(N)=O)nn1. The molecule has 2 aliphatic heterocycles. The zero-order valence-electron chi connectivity index (χ0n) is 36.0. The summed E-state index contributed by atoms with van der Waals surface area (Å²) in [5.74, 6) is -1.91. The minimum absolute atomic E-state index is 0.0907. The van der Waals surface area contributed by atoms with Gasteiger partial charge in [-0.15, -0.1) is 5.10 Å². The first kappa shape index (κ1) is 52.0. The molecule has 1 unspecified atom stereocenters. The number of nitrogens with zero attached hydrogens (tertiary/aromatic N) is 4. The third-order valence-electron chi connectivity index (χ3n) is 10.5. The number of hydrogen-bond acceptors (Lipinski definition) is 15. The van der Waals surface area contributed by atoms with Crippen LogP contribution in [0, 0.1) is 5.92 Å². The molecule has 0 saturated carbocycles. The second-order valence-electron chi connectivity index (χ2n) is 15.5. The van der Waals surface area contributed by atoms with E-state index >= 15 is 0 Å². The summed E-state index contributed by atoms with van der Waals surface area (Å²) in [6.45, 7) is 4.11. The quantitative estimate of drug-likeness (QED) is 0.0316. The van der Waals surface area contributed by atoms with E-state index in [0.717, 1.165) is 49.8 Å². The van der Waals surface area contributed by atoms with Gasteiger partial charge in [-0.25, -0.2) is 4.68 Å². The predicted molar refractivity (Wildman–Crippen MR) is 222 cm³/mol. The van der Waals surface area contributed by atoms with Crippen LogP contribution in [0.25, 0.3) is 0 Å². The van der Waals surface area contributed by atoms with E-state index in [4.69, 9.17) is 24.7 Å². The normalized spacial score (nSPS) is 20.4. The zero-order valence-corrected chi connectivity index (χ0v) is 36.0. The van der Waals surface area contributed by atoms with Crippen LogP contribution in [0.3, 0.4) is 0 Å². The molecule has 350 valence electrons. The summed E-state index contributed by atoms with van der Waals surface area (Å²) in [5, 5.41) is 46.6. The van der Waals surface area contributed by atoms with Crippen molar-refractivity contribution >= 4 is 35.4 Å². The maximum absolute atomic E-state index is 12.3. The van der Waals surface area contributed by atoms with E-state index in [-0.39, 0.29) is 55.0 Å². The van der Waals surface area contributed by atoms with E-state index in [1.165, 1.54) is 19.1 Å². The molecule has 1 fully saturated rings. The average molecular weight is 881 g/mol. The lowest BCUT2D eigenvalue weighted by atomic mass is 9.90. The highest BCUT2D eigenvalue weighted by atomic mass is 16.5. The van der Waals surface area contributed by atoms with E-state index in [1.54, 1.807) is 10.9 Å². The number of rotatable bonds is 34. The van der Waals surface area contributed by atoms with Gasteiger partial charge in [0.15, 0.2) is 0 Å². The number of unbranched alkanes of at least 4 members (excludes halogenated alkanes) is 6. The first-order chi connectivity index (χ1) is 29.9. The number of hydrogen-bond donors (Lipinski definition) is 7. The number of aliphatic hydroxyl groups is 3. The van der Waals surface area contributed by atoms with Crippen molar-refractivity contribution in [3.05, 3.63) is 24.0 Å². The highest BCUT2D eigenvalue weighted by molar-refractivity contribution is 6.12. The molecule has 21 nitrogen and oxygen atoms in total. The molecule has 62 heavy (non-hydrogen) atoms. The number of carbonyl (C=O) groups excluding carboxylic acids is 6. The van der Waals surface area contributed by atoms with Gasteiger partial charge in [-0.3, -0.25) is 33.7 Å². The van der Waals surface area contributed by atoms with Crippen molar-refractivity contribution in [2.75, 3.05) is 65.9 Å². The van der Waals surface area contributed by atoms with Crippen molar-refractivity contribution in [2.24, 2.45) is 11.7 Å². The summed E-state index contributed by atoms with van der Waals surface area (Å²) < 4.78 is 24.0. The molecule has 0 radical (unpaired) electrons. The molecule has 0 aliphatic carbocycles. The van der Waals surface area contributed by atoms with E-state index < -0.39 is 43.0 Å². The second kappa shape index (κ2) is 29.8. The van der Waals surface area contributed by atoms with Crippen LogP contribution in [0.1, 0.15) is 89.7 Å². The molecule has 6 atom stereocenters. The summed E-state index contributed by atoms with van der Waals surface area (Å²) in [5.41, 5.74) is 6.16. The summed E-state index contributed by atoms with van der Waals surface area (Å²) in [6.07, 6.45) is 9.10. The van der Waals surface area contributed by atoms with Crippen LogP contribution in [-0.4, -0.2) is 167 Å². The van der Waals surface area contributed by atoms with Gasteiger partial charge in [-0.1, -0.05) is 43.7 Å². The van der Waals surface area contributed by atoms with Crippen LogP contribution in [0.4, 0.5) is 0 Å². The fourth-order valence-corrected chi connectivity index (χ4v) is 7.12. The predicted octanol–water partition coefficient (Wildman–Crippen LogP) is -1.20. The Labute approximate surface area is 362 Å². The Balaban J connectivity index is 1.09. The summed E-state index contributed by atoms with van der Waals surface area (Å²) in [6, 6.07) is -0.891. The fourth-order valence-electron chi connectivity index (χ4n) is 7.12. The van der Waals surface area contributed by atoms with Crippen LogP contribution >= 0.6 is 0 Å². The Kier molecular flexibility index (Phi) is 25.0. The molecule has 1 aromatic rings. The first-order valence-electron chi connectivity index (χ1n) is 21.8. The molecule has 3 rings (SSSR count). The largest absolute Gasteiger partial charge is 0.394 e. The Morgan fingerprint density at radius 2 is 1.35 bits per heavy atom. The number of aromatic nitrogens is 3. The third-order valence-corrected chi connectivity index (χ3v) is 10.5. The summed E-state index contributed by atoms with van der Waals surface area (Å²) >= 11 is 0. The smallest absolute Gasteiger partial charge is 0.253 e. The number of ether oxygens (including phenoxy) is 4. The van der Waals surface area contributed by atoms with E-state index in [2.05, 4.69) is 26.3 Å². The third kappa shape index (κ3) is 20.2. The standard InChI is InChI=1S/C41H68N8O13/c1-29(51)45-38-32(62-33(28-50)39(56)40(38)57)26-31-27-48(47-46-31)19-21-60-23-25-61-24-22-59-20-17-44-35(53)13-9-11-30(41(42)58)10-7-5-3-2-4-6-8-12-34(52)43-16-18-49-36(54)14-15-37(49)55/h14-15,27,30,32-33,38-40,50,56-57H,2-13,16-26,28H2,1H3,(H2,42,58)(H,43,52)(H,44,53)(H,45,51)/t30?,32-,33-,38+,39+,40-/m1/s1. The number of nitrogens with one attached hydrogen (secondary N) is 3. The van der Waals surface area contributed by atoms with Gasteiger partial charge >= 0.3 is 0 Å². The number of primary amides is 1. The van der Waals surface area contributed by atoms with Crippen LogP contribution in [0.15, 0.2) is 18.3 Å². The van der Waals surface area contributed by atoms with Crippen LogP contribution < -0.4 is 21.7 Å². The Morgan fingerprint density at radius 1 is 0.774 bits per heavy atom. The Bertz CT molecular complexity index is 1540. The molecule has 2 aliphatic rings. The van der Waals surface area contributed by atoms with Gasteiger partial charge in [0.1, 0.15) is 18.3 Å². The van der Waals surface area contributed by atoms with Gasteiger partial charge in [0.2, 0.25) is 23.6 Å². The first-order valence-corrected chi connectivity index (χ1v) is 21.8. The molecule has 21 heteroatoms. The van der Waals surface area contributed by atoms with Gasteiger partial charge < -0.3 is 56.0 Å². The van der Waals surface area contributed by atoms with Crippen molar-refractivity contribution < 1.29 is 63.0 Å². The van der Waals surface area contributed by atoms with Crippen LogP contribution in [-0.2, 0) is 60.7 Å². The van der Waals surface area contributed by atoms with Gasteiger partial charge in [-0.05, 0) is 25.7 Å². The average Bonchev–Trinajstić information content (AvgIpc) is 3.83. The maximum Gasteiger partial charge on any atom is 0.253 e. The molecule has 1 aromatic heterocycles. The van der Waals surface area contributed by atoms with Crippen molar-refractivity contribution in [1.82, 2.24) is 35.8 Å². The van der Waals surface area contributed by atoms with E-state index in [0.29, 0.717) is 90.5 Å². The lowest BCUT2D eigenvalue weighted by Crippen LogP contribution is -2.64. The minimum Gasteiger partial charge on any atom is -0.394 e.